The van der Waals surface area contributed by atoms with Crippen LogP contribution in [0.3, 0.4) is 0 Å². The zero-order valence-electron chi connectivity index (χ0n) is 10.6. The fraction of sp³-hybridized carbons (Fsp3) is 0.0714. The predicted octanol–water partition coefficient (Wildman–Crippen LogP) is 3.90. The van der Waals surface area contributed by atoms with E-state index in [4.69, 9.17) is 33.7 Å². The van der Waals surface area contributed by atoms with Gasteiger partial charge in [0.05, 0.1) is 17.2 Å². The average Bonchev–Trinajstić information content (AvgIpc) is 2.79. The Hall–Kier alpha value is -1.91. The van der Waals surface area contributed by atoms with Crippen LogP contribution in [0.25, 0.3) is 16.9 Å². The lowest BCUT2D eigenvalue weighted by Crippen LogP contribution is -1.95. The van der Waals surface area contributed by atoms with Crippen molar-refractivity contribution in [1.82, 2.24) is 9.38 Å². The fourth-order valence-corrected chi connectivity index (χ4v) is 2.37. The molecule has 0 aliphatic rings. The van der Waals surface area contributed by atoms with Gasteiger partial charge in [-0.25, -0.2) is 4.98 Å². The molecular weight excluding hydrogens is 297 g/mol. The highest BCUT2D eigenvalue weighted by molar-refractivity contribution is 6.42. The number of aromatic nitrogens is 2. The molecule has 0 aliphatic heterocycles. The molecule has 0 radical (unpaired) electrons. The minimum atomic E-state index is 0.465. The lowest BCUT2D eigenvalue weighted by atomic mass is 10.1. The number of pyridine rings is 1. The van der Waals surface area contributed by atoms with Crippen molar-refractivity contribution in [2.24, 2.45) is 0 Å². The van der Waals surface area contributed by atoms with Gasteiger partial charge >= 0.3 is 0 Å². The summed E-state index contributed by atoms with van der Waals surface area (Å²) in [6.07, 6.45) is 1.83. The van der Waals surface area contributed by atoms with Gasteiger partial charge < -0.3 is 10.5 Å². The maximum atomic E-state index is 6.15. The maximum absolute atomic E-state index is 6.15. The second-order valence-electron chi connectivity index (χ2n) is 4.24. The molecule has 0 saturated carbocycles. The topological polar surface area (TPSA) is 52.5 Å². The summed E-state index contributed by atoms with van der Waals surface area (Å²) in [6, 6.07) is 8.98. The summed E-state index contributed by atoms with van der Waals surface area (Å²) in [6.45, 7) is 0. The van der Waals surface area contributed by atoms with Crippen LogP contribution in [-0.4, -0.2) is 16.5 Å². The fourth-order valence-electron chi connectivity index (χ4n) is 2.08. The zero-order valence-corrected chi connectivity index (χ0v) is 12.1. The van der Waals surface area contributed by atoms with E-state index in [0.29, 0.717) is 33.0 Å². The second kappa shape index (κ2) is 4.89. The maximum Gasteiger partial charge on any atom is 0.181 e. The Morgan fingerprint density at radius 1 is 1.20 bits per heavy atom. The van der Waals surface area contributed by atoms with Crippen LogP contribution >= 0.6 is 23.2 Å². The van der Waals surface area contributed by atoms with Crippen molar-refractivity contribution >= 4 is 34.7 Å². The van der Waals surface area contributed by atoms with E-state index in [1.54, 1.807) is 23.6 Å². The molecule has 6 heteroatoms. The third kappa shape index (κ3) is 1.97. The number of benzene rings is 1. The molecule has 0 fully saturated rings. The molecule has 3 rings (SSSR count). The van der Waals surface area contributed by atoms with Crippen molar-refractivity contribution in [1.29, 1.82) is 0 Å². The number of hydrogen-bond acceptors (Lipinski definition) is 3. The van der Waals surface area contributed by atoms with Crippen LogP contribution in [0, 0.1) is 0 Å². The number of fused-ring (bicyclic) bond motifs is 1. The number of ether oxygens (including phenoxy) is 1. The predicted molar refractivity (Wildman–Crippen MR) is 81.6 cm³/mol. The van der Waals surface area contributed by atoms with Gasteiger partial charge in [0, 0.05) is 11.8 Å². The molecule has 0 saturated heterocycles. The molecule has 0 spiro atoms. The number of halogens is 2. The van der Waals surface area contributed by atoms with Crippen LogP contribution in [0.5, 0.6) is 5.75 Å². The van der Waals surface area contributed by atoms with Crippen LogP contribution in [0.2, 0.25) is 10.0 Å². The van der Waals surface area contributed by atoms with Gasteiger partial charge in [-0.15, -0.1) is 0 Å². The lowest BCUT2D eigenvalue weighted by molar-refractivity contribution is 0.417. The first-order valence-corrected chi connectivity index (χ1v) is 6.63. The van der Waals surface area contributed by atoms with Crippen LogP contribution in [0.1, 0.15) is 0 Å². The van der Waals surface area contributed by atoms with E-state index in [-0.39, 0.29) is 0 Å². The first-order chi connectivity index (χ1) is 9.61. The summed E-state index contributed by atoms with van der Waals surface area (Å²) in [4.78, 5) is 4.54. The summed E-state index contributed by atoms with van der Waals surface area (Å²) in [5.41, 5.74) is 8.27. The van der Waals surface area contributed by atoms with E-state index >= 15 is 0 Å². The van der Waals surface area contributed by atoms with Gasteiger partial charge in [-0.05, 0) is 24.3 Å². The Bertz CT molecular complexity index is 798. The van der Waals surface area contributed by atoms with E-state index < -0.39 is 0 Å². The molecule has 0 aliphatic carbocycles. The highest BCUT2D eigenvalue weighted by atomic mass is 35.5. The standard InChI is InChI=1S/C14H11Cl2N3O/c1-20-11-3-2-6-19-13(17)12(18-14(11)19)8-4-5-9(15)10(16)7-8/h2-7H,17H2,1H3. The van der Waals surface area contributed by atoms with Crippen LogP contribution in [0.4, 0.5) is 5.82 Å². The SMILES string of the molecule is COc1cccn2c(N)c(-c3ccc(Cl)c(Cl)c3)nc12. The third-order valence-corrected chi connectivity index (χ3v) is 3.80. The Kier molecular flexibility index (Phi) is 3.20. The van der Waals surface area contributed by atoms with E-state index in [1.165, 1.54) is 0 Å². The summed E-state index contributed by atoms with van der Waals surface area (Å²) in [5, 5.41) is 0.961. The van der Waals surface area contributed by atoms with Gasteiger partial charge in [-0.3, -0.25) is 4.40 Å². The largest absolute Gasteiger partial charge is 0.493 e. The molecule has 0 amide bonds. The van der Waals surface area contributed by atoms with E-state index in [2.05, 4.69) is 4.98 Å². The first-order valence-electron chi connectivity index (χ1n) is 5.88. The number of nitrogens with zero attached hydrogens (tertiary/aromatic N) is 2. The molecule has 0 unspecified atom stereocenters. The Morgan fingerprint density at radius 2 is 2.00 bits per heavy atom. The molecule has 2 N–H and O–H groups in total. The van der Waals surface area contributed by atoms with Crippen molar-refractivity contribution in [2.45, 2.75) is 0 Å². The van der Waals surface area contributed by atoms with E-state index in [9.17, 15) is 0 Å². The normalized spacial score (nSPS) is 10.9. The number of hydrogen-bond donors (Lipinski definition) is 1. The summed E-state index contributed by atoms with van der Waals surface area (Å²) in [5.74, 6) is 1.18. The number of rotatable bonds is 2. The summed E-state index contributed by atoms with van der Waals surface area (Å²) in [7, 11) is 1.60. The number of imidazole rings is 1. The van der Waals surface area contributed by atoms with Gasteiger partial charge in [0.1, 0.15) is 11.5 Å². The van der Waals surface area contributed by atoms with Crippen LogP contribution in [-0.2, 0) is 0 Å². The Morgan fingerprint density at radius 3 is 2.70 bits per heavy atom. The quantitative estimate of drug-likeness (QED) is 0.781. The molecule has 4 nitrogen and oxygen atoms in total. The van der Waals surface area contributed by atoms with Crippen LogP contribution < -0.4 is 10.5 Å². The van der Waals surface area contributed by atoms with Crippen molar-refractivity contribution in [3.63, 3.8) is 0 Å². The number of nitrogens with two attached hydrogens (primary N) is 1. The highest BCUT2D eigenvalue weighted by Crippen LogP contribution is 2.33. The van der Waals surface area contributed by atoms with Crippen LogP contribution in [0.15, 0.2) is 36.5 Å². The Labute approximate surface area is 125 Å². The molecule has 102 valence electrons. The lowest BCUT2D eigenvalue weighted by Gasteiger charge is -2.02. The minimum Gasteiger partial charge on any atom is -0.493 e. The molecule has 3 aromatic rings. The number of anilines is 1. The molecule has 2 aromatic heterocycles. The van der Waals surface area contributed by atoms with Gasteiger partial charge in [0.2, 0.25) is 0 Å². The molecule has 0 bridgehead atoms. The van der Waals surface area contributed by atoms with Gasteiger partial charge in [-0.1, -0.05) is 29.3 Å². The molecule has 1 aromatic carbocycles. The second-order valence-corrected chi connectivity index (χ2v) is 5.06. The molecule has 20 heavy (non-hydrogen) atoms. The van der Waals surface area contributed by atoms with Gasteiger partial charge in [0.25, 0.3) is 0 Å². The van der Waals surface area contributed by atoms with E-state index in [1.807, 2.05) is 24.4 Å². The smallest absolute Gasteiger partial charge is 0.181 e. The van der Waals surface area contributed by atoms with Crippen molar-refractivity contribution < 1.29 is 4.74 Å². The monoisotopic (exact) mass is 307 g/mol. The molecule has 2 heterocycles. The zero-order chi connectivity index (χ0) is 14.3. The summed E-state index contributed by atoms with van der Waals surface area (Å²) >= 11 is 12.0. The molecular formula is C14H11Cl2N3O. The third-order valence-electron chi connectivity index (χ3n) is 3.06. The Balaban J connectivity index is 2.26. The van der Waals surface area contributed by atoms with E-state index in [0.717, 1.165) is 5.56 Å². The van der Waals surface area contributed by atoms with Gasteiger partial charge in [-0.2, -0.15) is 0 Å². The number of methoxy groups -OCH3 is 1. The minimum absolute atomic E-state index is 0.465. The number of nitrogen functional groups attached to an aromatic ring is 1. The molecule has 0 atom stereocenters. The summed E-state index contributed by atoms with van der Waals surface area (Å²) < 4.78 is 7.06. The van der Waals surface area contributed by atoms with Gasteiger partial charge in [0.15, 0.2) is 11.4 Å². The average molecular weight is 308 g/mol. The van der Waals surface area contributed by atoms with Crippen molar-refractivity contribution in [3.05, 3.63) is 46.6 Å². The van der Waals surface area contributed by atoms with Crippen molar-refractivity contribution in [2.75, 3.05) is 12.8 Å². The first kappa shape index (κ1) is 13.1. The van der Waals surface area contributed by atoms with Crippen molar-refractivity contribution in [3.8, 4) is 17.0 Å². The highest BCUT2D eigenvalue weighted by Gasteiger charge is 2.14.